The van der Waals surface area contributed by atoms with E-state index in [2.05, 4.69) is 6.07 Å². The molecule has 0 spiro atoms. The highest BCUT2D eigenvalue weighted by Crippen LogP contribution is 2.36. The highest BCUT2D eigenvalue weighted by Gasteiger charge is 2.25. The third kappa shape index (κ3) is 4.48. The van der Waals surface area contributed by atoms with Gasteiger partial charge in [0, 0.05) is 12.5 Å². The van der Waals surface area contributed by atoms with Crippen LogP contribution >= 0.6 is 0 Å². The van der Waals surface area contributed by atoms with Gasteiger partial charge in [0.25, 0.3) is 0 Å². The summed E-state index contributed by atoms with van der Waals surface area (Å²) in [4.78, 5) is 11.2. The highest BCUT2D eigenvalue weighted by molar-refractivity contribution is 5.75. The van der Waals surface area contributed by atoms with E-state index in [9.17, 15) is 4.79 Å². The number of rotatable bonds is 7. The van der Waals surface area contributed by atoms with Gasteiger partial charge in [-0.2, -0.15) is 0 Å². The number of ketones is 1. The van der Waals surface area contributed by atoms with Crippen LogP contribution in [0.25, 0.3) is 0 Å². The van der Waals surface area contributed by atoms with Gasteiger partial charge in [0.15, 0.2) is 0 Å². The van der Waals surface area contributed by atoms with Gasteiger partial charge in [0.2, 0.25) is 0 Å². The SMILES string of the molecule is COc1ccc(CCC2CCC(CC(C)=O)C2)c(OC)c1. The molecule has 1 aliphatic carbocycles. The van der Waals surface area contributed by atoms with Crippen molar-refractivity contribution in [1.29, 1.82) is 0 Å². The van der Waals surface area contributed by atoms with Gasteiger partial charge in [-0.05, 0) is 56.1 Å². The van der Waals surface area contributed by atoms with Crippen LogP contribution in [-0.4, -0.2) is 20.0 Å². The first-order chi connectivity index (χ1) is 10.1. The predicted octanol–water partition coefficient (Wildman–Crippen LogP) is 4.03. The van der Waals surface area contributed by atoms with E-state index in [1.807, 2.05) is 12.1 Å². The molecule has 1 saturated carbocycles. The molecule has 3 nitrogen and oxygen atoms in total. The van der Waals surface area contributed by atoms with Crippen LogP contribution in [0.5, 0.6) is 11.5 Å². The fraction of sp³-hybridized carbons (Fsp3) is 0.611. The Hall–Kier alpha value is -1.51. The number of carbonyl (C=O) groups is 1. The van der Waals surface area contributed by atoms with Crippen molar-refractivity contribution in [1.82, 2.24) is 0 Å². The second-order valence-electron chi connectivity index (χ2n) is 6.17. The zero-order valence-electron chi connectivity index (χ0n) is 13.4. The van der Waals surface area contributed by atoms with Crippen LogP contribution in [-0.2, 0) is 11.2 Å². The van der Waals surface area contributed by atoms with Crippen molar-refractivity contribution >= 4 is 5.78 Å². The zero-order valence-corrected chi connectivity index (χ0v) is 13.4. The quantitative estimate of drug-likeness (QED) is 0.760. The summed E-state index contributed by atoms with van der Waals surface area (Å²) in [7, 11) is 3.37. The standard InChI is InChI=1S/C18H26O3/c1-13(19)10-15-5-4-14(11-15)6-7-16-8-9-17(20-2)12-18(16)21-3/h8-9,12,14-15H,4-7,10-11H2,1-3H3. The summed E-state index contributed by atoms with van der Waals surface area (Å²) in [5.41, 5.74) is 1.24. The average molecular weight is 290 g/mol. The lowest BCUT2D eigenvalue weighted by molar-refractivity contribution is -0.117. The van der Waals surface area contributed by atoms with Gasteiger partial charge >= 0.3 is 0 Å². The molecule has 0 amide bonds. The van der Waals surface area contributed by atoms with E-state index >= 15 is 0 Å². The van der Waals surface area contributed by atoms with Crippen LogP contribution in [0.2, 0.25) is 0 Å². The molecule has 1 fully saturated rings. The minimum Gasteiger partial charge on any atom is -0.497 e. The normalized spacial score (nSPS) is 21.3. The maximum absolute atomic E-state index is 11.2. The molecule has 0 bridgehead atoms. The van der Waals surface area contributed by atoms with Crippen molar-refractivity contribution in [2.24, 2.45) is 11.8 Å². The van der Waals surface area contributed by atoms with Crippen LogP contribution in [0.1, 0.15) is 44.6 Å². The lowest BCUT2D eigenvalue weighted by Gasteiger charge is -2.13. The second kappa shape index (κ2) is 7.48. The van der Waals surface area contributed by atoms with E-state index in [1.165, 1.54) is 31.2 Å². The molecule has 0 aromatic heterocycles. The van der Waals surface area contributed by atoms with Crippen LogP contribution in [0, 0.1) is 11.8 Å². The fourth-order valence-electron chi connectivity index (χ4n) is 3.45. The van der Waals surface area contributed by atoms with Crippen LogP contribution < -0.4 is 9.47 Å². The van der Waals surface area contributed by atoms with Crippen molar-refractivity contribution in [2.45, 2.75) is 45.4 Å². The summed E-state index contributed by atoms with van der Waals surface area (Å²) in [6, 6.07) is 6.03. The molecule has 1 aromatic rings. The Balaban J connectivity index is 1.87. The summed E-state index contributed by atoms with van der Waals surface area (Å²) >= 11 is 0. The first-order valence-electron chi connectivity index (χ1n) is 7.82. The summed E-state index contributed by atoms with van der Waals surface area (Å²) in [5.74, 6) is 3.44. The molecule has 0 heterocycles. The number of hydrogen-bond acceptors (Lipinski definition) is 3. The Morgan fingerprint density at radius 2 is 1.95 bits per heavy atom. The summed E-state index contributed by atoms with van der Waals surface area (Å²) in [5, 5.41) is 0. The van der Waals surface area contributed by atoms with E-state index in [0.717, 1.165) is 30.3 Å². The minimum absolute atomic E-state index is 0.331. The Kier molecular flexibility index (Phi) is 5.66. The molecule has 0 saturated heterocycles. The number of methoxy groups -OCH3 is 2. The Morgan fingerprint density at radius 3 is 2.62 bits per heavy atom. The molecule has 116 valence electrons. The molecular weight excluding hydrogens is 264 g/mol. The molecule has 0 aliphatic heterocycles. The van der Waals surface area contributed by atoms with E-state index in [-0.39, 0.29) is 0 Å². The molecule has 21 heavy (non-hydrogen) atoms. The lowest BCUT2D eigenvalue weighted by Crippen LogP contribution is -2.03. The maximum atomic E-state index is 11.2. The number of aryl methyl sites for hydroxylation is 1. The number of hydrogen-bond donors (Lipinski definition) is 0. The third-order valence-corrected chi connectivity index (χ3v) is 4.54. The van der Waals surface area contributed by atoms with Crippen LogP contribution in [0.4, 0.5) is 0 Å². The second-order valence-corrected chi connectivity index (χ2v) is 6.17. The summed E-state index contributed by atoms with van der Waals surface area (Å²) in [6.45, 7) is 1.70. The smallest absolute Gasteiger partial charge is 0.130 e. The van der Waals surface area contributed by atoms with Crippen molar-refractivity contribution < 1.29 is 14.3 Å². The molecule has 1 aromatic carbocycles. The van der Waals surface area contributed by atoms with E-state index in [1.54, 1.807) is 21.1 Å². The molecule has 2 unspecified atom stereocenters. The van der Waals surface area contributed by atoms with Crippen molar-refractivity contribution in [2.75, 3.05) is 14.2 Å². The number of benzene rings is 1. The molecular formula is C18H26O3. The topological polar surface area (TPSA) is 35.5 Å². The van der Waals surface area contributed by atoms with Gasteiger partial charge in [0.05, 0.1) is 14.2 Å². The van der Waals surface area contributed by atoms with Crippen molar-refractivity contribution in [3.63, 3.8) is 0 Å². The largest absolute Gasteiger partial charge is 0.497 e. The predicted molar refractivity (Wildman–Crippen MR) is 84.0 cm³/mol. The van der Waals surface area contributed by atoms with Gasteiger partial charge in [0.1, 0.15) is 17.3 Å². The van der Waals surface area contributed by atoms with E-state index < -0.39 is 0 Å². The number of carbonyl (C=O) groups excluding carboxylic acids is 1. The van der Waals surface area contributed by atoms with Crippen molar-refractivity contribution in [3.8, 4) is 11.5 Å². The van der Waals surface area contributed by atoms with Crippen molar-refractivity contribution in [3.05, 3.63) is 23.8 Å². The van der Waals surface area contributed by atoms with Gasteiger partial charge in [-0.25, -0.2) is 0 Å². The first-order valence-corrected chi connectivity index (χ1v) is 7.82. The highest BCUT2D eigenvalue weighted by atomic mass is 16.5. The fourth-order valence-corrected chi connectivity index (χ4v) is 3.45. The maximum Gasteiger partial charge on any atom is 0.130 e. The Bertz CT molecular complexity index is 481. The van der Waals surface area contributed by atoms with Crippen LogP contribution in [0.15, 0.2) is 18.2 Å². The van der Waals surface area contributed by atoms with Gasteiger partial charge < -0.3 is 14.3 Å². The molecule has 3 heteroatoms. The van der Waals surface area contributed by atoms with Crippen LogP contribution in [0.3, 0.4) is 0 Å². The average Bonchev–Trinajstić information content (AvgIpc) is 2.91. The first kappa shape index (κ1) is 15.9. The van der Waals surface area contributed by atoms with E-state index in [0.29, 0.717) is 11.7 Å². The molecule has 0 radical (unpaired) electrons. The zero-order chi connectivity index (χ0) is 15.2. The lowest BCUT2D eigenvalue weighted by atomic mass is 9.95. The van der Waals surface area contributed by atoms with Gasteiger partial charge in [-0.1, -0.05) is 12.5 Å². The number of Topliss-reactive ketones (excluding diaryl/α,β-unsaturated/α-hetero) is 1. The van der Waals surface area contributed by atoms with Gasteiger partial charge in [-0.15, -0.1) is 0 Å². The molecule has 2 atom stereocenters. The number of ether oxygens (including phenoxy) is 2. The summed E-state index contributed by atoms with van der Waals surface area (Å²) in [6.07, 6.45) is 6.66. The Morgan fingerprint density at radius 1 is 1.19 bits per heavy atom. The molecule has 1 aliphatic rings. The Labute approximate surface area is 127 Å². The third-order valence-electron chi connectivity index (χ3n) is 4.54. The monoisotopic (exact) mass is 290 g/mol. The van der Waals surface area contributed by atoms with Gasteiger partial charge in [-0.3, -0.25) is 0 Å². The van der Waals surface area contributed by atoms with E-state index in [4.69, 9.17) is 9.47 Å². The summed E-state index contributed by atoms with van der Waals surface area (Å²) < 4.78 is 10.7. The molecule has 2 rings (SSSR count). The molecule has 0 N–H and O–H groups in total. The minimum atomic E-state index is 0.331.